The first kappa shape index (κ1) is 18.6. The second kappa shape index (κ2) is 9.58. The van der Waals surface area contributed by atoms with Gasteiger partial charge in [0.1, 0.15) is 0 Å². The zero-order valence-corrected chi connectivity index (χ0v) is 14.3. The lowest BCUT2D eigenvalue weighted by molar-refractivity contribution is 0.691. The highest BCUT2D eigenvalue weighted by Crippen LogP contribution is 2.24. The Morgan fingerprint density at radius 2 is 2.00 bits per heavy atom. The fourth-order valence-corrected chi connectivity index (χ4v) is 2.75. The molecule has 0 aliphatic rings. The molecule has 0 heterocycles. The average Bonchev–Trinajstić information content (AvgIpc) is 2.52. The Balaban J connectivity index is 2.85. The molecule has 0 saturated heterocycles. The van der Waals surface area contributed by atoms with Gasteiger partial charge in [0.2, 0.25) is 0 Å². The van der Waals surface area contributed by atoms with E-state index in [0.717, 1.165) is 19.3 Å². The molecule has 122 valence electrons. The van der Waals surface area contributed by atoms with E-state index >= 15 is 0 Å². The Morgan fingerprint density at radius 1 is 1.27 bits per heavy atom. The maximum atomic E-state index is 12.6. The van der Waals surface area contributed by atoms with E-state index in [1.165, 1.54) is 40.7 Å². The molecule has 0 spiro atoms. The second-order valence-electron chi connectivity index (χ2n) is 6.15. The van der Waals surface area contributed by atoms with Crippen LogP contribution in [0.4, 0.5) is 4.39 Å². The molecular formula is C20H30FN. The third-order valence-corrected chi connectivity index (χ3v) is 4.39. The number of allylic oxidation sites excluding steroid dienone is 1. The molecule has 2 heteroatoms. The minimum atomic E-state index is 0.294. The van der Waals surface area contributed by atoms with Crippen LogP contribution in [0.2, 0.25) is 0 Å². The highest BCUT2D eigenvalue weighted by atomic mass is 19.1. The number of benzene rings is 1. The van der Waals surface area contributed by atoms with Crippen molar-refractivity contribution in [1.82, 2.24) is 0 Å². The van der Waals surface area contributed by atoms with Gasteiger partial charge in [-0.2, -0.15) is 0 Å². The third kappa shape index (κ3) is 5.42. The van der Waals surface area contributed by atoms with Gasteiger partial charge in [-0.1, -0.05) is 37.6 Å². The van der Waals surface area contributed by atoms with Crippen LogP contribution in [-0.4, -0.2) is 6.54 Å². The first-order valence-electron chi connectivity index (χ1n) is 8.26. The van der Waals surface area contributed by atoms with Gasteiger partial charge < -0.3 is 5.73 Å². The fourth-order valence-electron chi connectivity index (χ4n) is 2.75. The third-order valence-electron chi connectivity index (χ3n) is 4.39. The topological polar surface area (TPSA) is 26.0 Å². The SMILES string of the molecule is C=C(CCCC)Cc1c(C)ccc(CC/C(=C/F)CN)c1C. The molecule has 0 saturated carbocycles. The maximum Gasteiger partial charge on any atom is 0.0871 e. The van der Waals surface area contributed by atoms with Crippen LogP contribution >= 0.6 is 0 Å². The molecular weight excluding hydrogens is 273 g/mol. The standard InChI is InChI=1S/C20H30FN/c1-5-6-7-15(2)12-20-16(3)8-10-19(17(20)4)11-9-18(13-21)14-22/h8,10,13H,2,5-7,9,11-12,14,22H2,1,3-4H3/b18-13-. The monoisotopic (exact) mass is 303 g/mol. The van der Waals surface area contributed by atoms with Crippen molar-refractivity contribution in [1.29, 1.82) is 0 Å². The molecule has 2 N–H and O–H groups in total. The molecule has 0 aliphatic heterocycles. The predicted molar refractivity (Wildman–Crippen MR) is 94.9 cm³/mol. The largest absolute Gasteiger partial charge is 0.327 e. The Hall–Kier alpha value is -1.41. The lowest BCUT2D eigenvalue weighted by atomic mass is 9.90. The summed E-state index contributed by atoms with van der Waals surface area (Å²) in [5, 5.41) is 0. The average molecular weight is 303 g/mol. The molecule has 0 radical (unpaired) electrons. The van der Waals surface area contributed by atoms with Crippen LogP contribution in [0.5, 0.6) is 0 Å². The van der Waals surface area contributed by atoms with E-state index in [9.17, 15) is 4.39 Å². The number of hydrogen-bond acceptors (Lipinski definition) is 1. The number of hydrogen-bond donors (Lipinski definition) is 1. The van der Waals surface area contributed by atoms with E-state index in [1.807, 2.05) is 0 Å². The molecule has 1 aromatic rings. The number of halogens is 1. The summed E-state index contributed by atoms with van der Waals surface area (Å²) < 4.78 is 12.6. The molecule has 1 nitrogen and oxygen atoms in total. The van der Waals surface area contributed by atoms with E-state index in [1.54, 1.807) is 0 Å². The highest BCUT2D eigenvalue weighted by Gasteiger charge is 2.09. The van der Waals surface area contributed by atoms with Gasteiger partial charge in [-0.05, 0) is 73.8 Å². The number of rotatable bonds is 9. The van der Waals surface area contributed by atoms with Crippen LogP contribution in [0.3, 0.4) is 0 Å². The number of unbranched alkanes of at least 4 members (excludes halogenated alkanes) is 1. The highest BCUT2D eigenvalue weighted by molar-refractivity contribution is 5.42. The molecule has 0 fully saturated rings. The molecule has 0 aliphatic carbocycles. The van der Waals surface area contributed by atoms with Crippen LogP contribution in [-0.2, 0) is 12.8 Å². The van der Waals surface area contributed by atoms with Crippen molar-refractivity contribution in [3.8, 4) is 0 Å². The molecule has 1 aromatic carbocycles. The van der Waals surface area contributed by atoms with Crippen LogP contribution in [0, 0.1) is 13.8 Å². The minimum absolute atomic E-state index is 0.294. The lowest BCUT2D eigenvalue weighted by Gasteiger charge is -2.16. The van der Waals surface area contributed by atoms with Gasteiger partial charge in [-0.3, -0.25) is 0 Å². The summed E-state index contributed by atoms with van der Waals surface area (Å²) in [7, 11) is 0. The van der Waals surface area contributed by atoms with E-state index < -0.39 is 0 Å². The molecule has 0 aromatic heterocycles. The van der Waals surface area contributed by atoms with Gasteiger partial charge in [-0.25, -0.2) is 4.39 Å². The molecule has 0 amide bonds. The summed E-state index contributed by atoms with van der Waals surface area (Å²) in [6.45, 7) is 11.1. The summed E-state index contributed by atoms with van der Waals surface area (Å²) in [5.41, 5.74) is 12.8. The van der Waals surface area contributed by atoms with Crippen molar-refractivity contribution in [3.05, 3.63) is 58.4 Å². The Kier molecular flexibility index (Phi) is 8.11. The van der Waals surface area contributed by atoms with Crippen LogP contribution in [0.1, 0.15) is 54.9 Å². The number of aryl methyl sites for hydroxylation is 2. The Labute approximate surface area is 135 Å². The summed E-state index contributed by atoms with van der Waals surface area (Å²) in [6, 6.07) is 4.33. The predicted octanol–water partition coefficient (Wildman–Crippen LogP) is 5.34. The van der Waals surface area contributed by atoms with Gasteiger partial charge >= 0.3 is 0 Å². The van der Waals surface area contributed by atoms with E-state index in [4.69, 9.17) is 5.73 Å². The zero-order valence-electron chi connectivity index (χ0n) is 14.3. The van der Waals surface area contributed by atoms with Gasteiger partial charge in [-0.15, -0.1) is 0 Å². The quantitative estimate of drug-likeness (QED) is 0.612. The molecule has 1 rings (SSSR count). The van der Waals surface area contributed by atoms with Crippen LogP contribution < -0.4 is 5.73 Å². The van der Waals surface area contributed by atoms with Crippen molar-refractivity contribution in [2.75, 3.05) is 6.54 Å². The molecule has 22 heavy (non-hydrogen) atoms. The van der Waals surface area contributed by atoms with Gasteiger partial charge in [0.15, 0.2) is 0 Å². The Morgan fingerprint density at radius 3 is 2.59 bits per heavy atom. The lowest BCUT2D eigenvalue weighted by Crippen LogP contribution is -2.05. The van der Waals surface area contributed by atoms with E-state index in [-0.39, 0.29) is 0 Å². The van der Waals surface area contributed by atoms with Crippen molar-refractivity contribution in [3.63, 3.8) is 0 Å². The maximum absolute atomic E-state index is 12.6. The van der Waals surface area contributed by atoms with Crippen molar-refractivity contribution >= 4 is 0 Å². The fraction of sp³-hybridized carbons (Fsp3) is 0.500. The first-order chi connectivity index (χ1) is 10.5. The normalized spacial score (nSPS) is 11.8. The number of nitrogens with two attached hydrogens (primary N) is 1. The van der Waals surface area contributed by atoms with Gasteiger partial charge in [0.05, 0.1) is 6.33 Å². The molecule has 0 bridgehead atoms. The summed E-state index contributed by atoms with van der Waals surface area (Å²) in [4.78, 5) is 0. The Bertz CT molecular complexity index is 529. The van der Waals surface area contributed by atoms with E-state index in [0.29, 0.717) is 24.9 Å². The van der Waals surface area contributed by atoms with Crippen molar-refractivity contribution < 1.29 is 4.39 Å². The van der Waals surface area contributed by atoms with Gasteiger partial charge in [0, 0.05) is 6.54 Å². The van der Waals surface area contributed by atoms with Crippen molar-refractivity contribution in [2.24, 2.45) is 5.73 Å². The molecule has 0 unspecified atom stereocenters. The molecule has 0 atom stereocenters. The van der Waals surface area contributed by atoms with E-state index in [2.05, 4.69) is 39.5 Å². The van der Waals surface area contributed by atoms with Crippen LogP contribution in [0.15, 0.2) is 36.2 Å². The zero-order chi connectivity index (χ0) is 16.5. The van der Waals surface area contributed by atoms with Crippen molar-refractivity contribution in [2.45, 2.75) is 59.3 Å². The first-order valence-corrected chi connectivity index (χ1v) is 8.26. The summed E-state index contributed by atoms with van der Waals surface area (Å²) in [5.74, 6) is 0. The second-order valence-corrected chi connectivity index (χ2v) is 6.15. The van der Waals surface area contributed by atoms with Crippen LogP contribution in [0.25, 0.3) is 0 Å². The van der Waals surface area contributed by atoms with Gasteiger partial charge in [0.25, 0.3) is 0 Å². The summed E-state index contributed by atoms with van der Waals surface area (Å²) >= 11 is 0. The minimum Gasteiger partial charge on any atom is -0.327 e. The smallest absolute Gasteiger partial charge is 0.0871 e. The summed E-state index contributed by atoms with van der Waals surface area (Å²) in [6.07, 6.45) is 6.64.